The van der Waals surface area contributed by atoms with Gasteiger partial charge in [-0.1, -0.05) is 0 Å². The van der Waals surface area contributed by atoms with Crippen molar-refractivity contribution >= 4 is 60.5 Å². The molecule has 0 atom stereocenters. The Labute approximate surface area is 157 Å². The molecule has 0 aliphatic rings. The maximum atomic E-state index is 13.8. The van der Waals surface area contributed by atoms with Gasteiger partial charge in [0.25, 0.3) is 0 Å². The van der Waals surface area contributed by atoms with Gasteiger partial charge in [-0.25, -0.2) is 13.8 Å². The van der Waals surface area contributed by atoms with Crippen LogP contribution < -0.4 is 5.43 Å². The molecule has 1 heterocycles. The van der Waals surface area contributed by atoms with E-state index < -0.39 is 11.6 Å². The zero-order valence-electron chi connectivity index (χ0n) is 12.3. The molecular formula is C14H11Br2F2N3O2S. The van der Waals surface area contributed by atoms with Crippen molar-refractivity contribution in [2.45, 2.75) is 13.3 Å². The van der Waals surface area contributed by atoms with Crippen molar-refractivity contribution in [3.8, 4) is 0 Å². The van der Waals surface area contributed by atoms with Gasteiger partial charge in [-0.2, -0.15) is 5.10 Å². The molecular weight excluding hydrogens is 472 g/mol. The lowest BCUT2D eigenvalue weighted by molar-refractivity contribution is -0.142. The minimum absolute atomic E-state index is 0.0144. The van der Waals surface area contributed by atoms with Gasteiger partial charge in [0.05, 0.1) is 33.9 Å². The fourth-order valence-electron chi connectivity index (χ4n) is 1.65. The van der Waals surface area contributed by atoms with Gasteiger partial charge >= 0.3 is 5.97 Å². The number of anilines is 1. The van der Waals surface area contributed by atoms with Crippen LogP contribution in [0, 0.1) is 11.6 Å². The summed E-state index contributed by atoms with van der Waals surface area (Å²) in [6.07, 6.45) is 1.20. The molecule has 0 saturated heterocycles. The largest absolute Gasteiger partial charge is 0.466 e. The molecule has 0 aliphatic carbocycles. The number of benzene rings is 1. The van der Waals surface area contributed by atoms with E-state index in [1.807, 2.05) is 0 Å². The summed E-state index contributed by atoms with van der Waals surface area (Å²) in [4.78, 5) is 15.5. The summed E-state index contributed by atoms with van der Waals surface area (Å²) in [6, 6.07) is 1.02. The third kappa shape index (κ3) is 4.81. The van der Waals surface area contributed by atoms with Crippen LogP contribution in [0.3, 0.4) is 0 Å². The molecule has 0 aliphatic heterocycles. The van der Waals surface area contributed by atoms with Gasteiger partial charge in [0.1, 0.15) is 5.82 Å². The van der Waals surface area contributed by atoms with Crippen molar-refractivity contribution in [2.75, 3.05) is 12.0 Å². The van der Waals surface area contributed by atoms with Crippen molar-refractivity contribution in [3.05, 3.63) is 43.3 Å². The van der Waals surface area contributed by atoms with Gasteiger partial charge in [-0.05, 0) is 44.8 Å². The van der Waals surface area contributed by atoms with Crippen LogP contribution in [0.25, 0.3) is 0 Å². The molecule has 24 heavy (non-hydrogen) atoms. The van der Waals surface area contributed by atoms with E-state index in [9.17, 15) is 13.6 Å². The first-order valence-electron chi connectivity index (χ1n) is 6.64. The number of esters is 1. The summed E-state index contributed by atoms with van der Waals surface area (Å²) in [5, 5.41) is 5.94. The Morgan fingerprint density at radius 2 is 2.25 bits per heavy atom. The van der Waals surface area contributed by atoms with Crippen LogP contribution in [0.4, 0.5) is 13.9 Å². The fourth-order valence-corrected chi connectivity index (χ4v) is 3.48. The minimum Gasteiger partial charge on any atom is -0.466 e. The van der Waals surface area contributed by atoms with Crippen LogP contribution in [0.15, 0.2) is 25.5 Å². The second-order valence-electron chi connectivity index (χ2n) is 4.38. The van der Waals surface area contributed by atoms with E-state index in [1.54, 1.807) is 12.3 Å². The van der Waals surface area contributed by atoms with E-state index in [4.69, 9.17) is 4.74 Å². The Balaban J connectivity index is 2.04. The summed E-state index contributed by atoms with van der Waals surface area (Å²) in [6.45, 7) is 2.03. The van der Waals surface area contributed by atoms with Crippen molar-refractivity contribution < 1.29 is 18.3 Å². The first-order valence-corrected chi connectivity index (χ1v) is 9.11. The Bertz CT molecular complexity index is 784. The molecule has 0 bridgehead atoms. The SMILES string of the molecule is CCOC(=O)Cc1csc(NN=Cc2c(F)cc(Br)c(F)c2Br)n1. The second-order valence-corrected chi connectivity index (χ2v) is 6.88. The zero-order chi connectivity index (χ0) is 17.7. The monoisotopic (exact) mass is 481 g/mol. The number of thiazole rings is 1. The minimum atomic E-state index is -0.636. The molecule has 0 radical (unpaired) electrons. The summed E-state index contributed by atoms with van der Waals surface area (Å²) in [5.74, 6) is -1.62. The average Bonchev–Trinajstić information content (AvgIpc) is 2.96. The Hall–Kier alpha value is -1.39. The molecule has 1 aromatic carbocycles. The van der Waals surface area contributed by atoms with E-state index in [0.717, 1.165) is 12.3 Å². The number of aromatic nitrogens is 1. The number of halogens is 4. The Morgan fingerprint density at radius 3 is 2.96 bits per heavy atom. The van der Waals surface area contributed by atoms with E-state index >= 15 is 0 Å². The topological polar surface area (TPSA) is 63.6 Å². The standard InChI is InChI=1S/C14H11Br2F2N3O2S/c1-2-23-11(22)3-7-6-24-14(20-7)21-19-5-8-10(17)4-9(15)13(18)12(8)16/h4-6H,2-3H2,1H3,(H,20,21). The second kappa shape index (κ2) is 8.63. The highest BCUT2D eigenvalue weighted by molar-refractivity contribution is 9.11. The van der Waals surface area contributed by atoms with Crippen molar-refractivity contribution in [2.24, 2.45) is 5.10 Å². The number of carbonyl (C=O) groups excluding carboxylic acids is 1. The third-order valence-corrected chi connectivity index (χ3v) is 4.83. The van der Waals surface area contributed by atoms with Gasteiger partial charge < -0.3 is 4.74 Å². The number of hydrogen-bond donors (Lipinski definition) is 1. The molecule has 5 nitrogen and oxygen atoms in total. The van der Waals surface area contributed by atoms with Crippen LogP contribution in [-0.4, -0.2) is 23.8 Å². The first kappa shape index (κ1) is 18.9. The van der Waals surface area contributed by atoms with Gasteiger partial charge in [0, 0.05) is 10.9 Å². The number of nitrogens with zero attached hydrogens (tertiary/aromatic N) is 2. The predicted molar refractivity (Wildman–Crippen MR) is 95.4 cm³/mol. The molecule has 1 N–H and O–H groups in total. The molecule has 10 heteroatoms. The predicted octanol–water partition coefficient (Wildman–Crippen LogP) is 4.50. The molecule has 128 valence electrons. The lowest BCUT2D eigenvalue weighted by atomic mass is 10.2. The van der Waals surface area contributed by atoms with Crippen LogP contribution >= 0.6 is 43.2 Å². The van der Waals surface area contributed by atoms with Crippen LogP contribution in [0.2, 0.25) is 0 Å². The van der Waals surface area contributed by atoms with Gasteiger partial charge in [0.2, 0.25) is 5.13 Å². The maximum absolute atomic E-state index is 13.8. The van der Waals surface area contributed by atoms with E-state index in [2.05, 4.69) is 47.4 Å². The lowest BCUT2D eigenvalue weighted by Gasteiger charge is -2.04. The van der Waals surface area contributed by atoms with E-state index in [-0.39, 0.29) is 26.9 Å². The Kier molecular flexibility index (Phi) is 6.81. The zero-order valence-corrected chi connectivity index (χ0v) is 16.3. The number of nitrogens with one attached hydrogen (secondary N) is 1. The van der Waals surface area contributed by atoms with Crippen molar-refractivity contribution in [3.63, 3.8) is 0 Å². The normalized spacial score (nSPS) is 11.0. The first-order chi connectivity index (χ1) is 11.4. The number of carbonyl (C=O) groups is 1. The third-order valence-electron chi connectivity index (χ3n) is 2.69. The summed E-state index contributed by atoms with van der Waals surface area (Å²) < 4.78 is 32.3. The maximum Gasteiger partial charge on any atom is 0.311 e. The highest BCUT2D eigenvalue weighted by Gasteiger charge is 2.14. The smallest absolute Gasteiger partial charge is 0.311 e. The molecule has 2 aromatic rings. The van der Waals surface area contributed by atoms with Gasteiger partial charge in [-0.3, -0.25) is 10.2 Å². The fraction of sp³-hybridized carbons (Fsp3) is 0.214. The van der Waals surface area contributed by atoms with Crippen LogP contribution in [-0.2, 0) is 16.0 Å². The van der Waals surface area contributed by atoms with Gasteiger partial charge in [0.15, 0.2) is 5.82 Å². The molecule has 1 aromatic heterocycles. The molecule has 0 spiro atoms. The number of rotatable bonds is 6. The highest BCUT2D eigenvalue weighted by atomic mass is 79.9. The molecule has 0 unspecified atom stereocenters. The molecule has 0 amide bonds. The van der Waals surface area contributed by atoms with E-state index in [1.165, 1.54) is 11.3 Å². The van der Waals surface area contributed by atoms with Crippen LogP contribution in [0.1, 0.15) is 18.2 Å². The highest BCUT2D eigenvalue weighted by Crippen LogP contribution is 2.28. The van der Waals surface area contributed by atoms with Crippen LogP contribution in [0.5, 0.6) is 0 Å². The number of ether oxygens (including phenoxy) is 1. The summed E-state index contributed by atoms with van der Waals surface area (Å²) in [5.41, 5.74) is 3.11. The number of hydrogen-bond acceptors (Lipinski definition) is 6. The van der Waals surface area contributed by atoms with Gasteiger partial charge in [-0.15, -0.1) is 11.3 Å². The summed E-state index contributed by atoms with van der Waals surface area (Å²) in [7, 11) is 0. The quantitative estimate of drug-likeness (QED) is 0.216. The molecule has 0 fully saturated rings. The number of hydrazone groups is 1. The lowest BCUT2D eigenvalue weighted by Crippen LogP contribution is -2.07. The molecule has 2 rings (SSSR count). The summed E-state index contributed by atoms with van der Waals surface area (Å²) >= 11 is 7.13. The van der Waals surface area contributed by atoms with Crippen molar-refractivity contribution in [1.82, 2.24) is 4.98 Å². The van der Waals surface area contributed by atoms with E-state index in [0.29, 0.717) is 17.4 Å². The Morgan fingerprint density at radius 1 is 1.50 bits per heavy atom. The molecule has 0 saturated carbocycles. The average molecular weight is 483 g/mol. The van der Waals surface area contributed by atoms with Crippen molar-refractivity contribution in [1.29, 1.82) is 0 Å².